The minimum atomic E-state index is -3.36. The molecule has 1 aliphatic carbocycles. The number of benzene rings is 1. The molecule has 1 aromatic carbocycles. The molecule has 1 heterocycles. The maximum atomic E-state index is 12.7. The van der Waals surface area contributed by atoms with Crippen LogP contribution in [-0.2, 0) is 14.6 Å². The van der Waals surface area contributed by atoms with Crippen LogP contribution in [0.15, 0.2) is 29.2 Å². The highest BCUT2D eigenvalue weighted by molar-refractivity contribution is 7.90. The fourth-order valence-corrected chi connectivity index (χ4v) is 4.36. The van der Waals surface area contributed by atoms with Gasteiger partial charge in [0.05, 0.1) is 10.4 Å². The molecule has 0 spiro atoms. The SMILES string of the molecule is CS(=O)(=O)c1cccc(C(=O)N2CCN(C(=O)C3(N)CCCC3)CC2)c1.Cl. The van der Waals surface area contributed by atoms with Crippen molar-refractivity contribution in [3.05, 3.63) is 29.8 Å². The quantitative estimate of drug-likeness (QED) is 0.795. The zero-order valence-corrected chi connectivity index (χ0v) is 17.0. The van der Waals surface area contributed by atoms with E-state index in [2.05, 4.69) is 0 Å². The fraction of sp³-hybridized carbons (Fsp3) is 0.556. The van der Waals surface area contributed by atoms with Gasteiger partial charge in [-0.05, 0) is 31.0 Å². The zero-order chi connectivity index (χ0) is 18.9. The maximum absolute atomic E-state index is 12.7. The molecule has 0 aromatic heterocycles. The van der Waals surface area contributed by atoms with Crippen LogP contribution < -0.4 is 5.73 Å². The Balaban J connectivity index is 0.00000261. The molecule has 0 radical (unpaired) electrons. The van der Waals surface area contributed by atoms with Gasteiger partial charge in [-0.3, -0.25) is 9.59 Å². The van der Waals surface area contributed by atoms with Gasteiger partial charge in [-0.15, -0.1) is 12.4 Å². The molecule has 2 aliphatic rings. The van der Waals surface area contributed by atoms with E-state index in [-0.39, 0.29) is 29.1 Å². The molecule has 2 fully saturated rings. The molecule has 0 bridgehead atoms. The predicted octanol–water partition coefficient (Wildman–Crippen LogP) is 1.07. The third-order valence-electron chi connectivity index (χ3n) is 5.28. The van der Waals surface area contributed by atoms with Gasteiger partial charge < -0.3 is 15.5 Å². The number of carbonyl (C=O) groups is 2. The summed E-state index contributed by atoms with van der Waals surface area (Å²) in [4.78, 5) is 28.9. The molecular formula is C18H26ClN3O4S. The van der Waals surface area contributed by atoms with Crippen LogP contribution in [0.4, 0.5) is 0 Å². The second kappa shape index (κ2) is 8.16. The van der Waals surface area contributed by atoms with Gasteiger partial charge in [0.15, 0.2) is 9.84 Å². The molecule has 1 aromatic rings. The Labute approximate surface area is 166 Å². The number of hydrogen-bond acceptors (Lipinski definition) is 5. The van der Waals surface area contributed by atoms with Crippen LogP contribution in [0.3, 0.4) is 0 Å². The van der Waals surface area contributed by atoms with Crippen molar-refractivity contribution in [2.45, 2.75) is 36.1 Å². The van der Waals surface area contributed by atoms with Gasteiger partial charge in [-0.25, -0.2) is 8.42 Å². The standard InChI is InChI=1S/C18H25N3O4S.ClH/c1-26(24,25)15-6-4-5-14(13-15)16(22)20-9-11-21(12-10-20)17(23)18(19)7-2-3-8-18;/h4-6,13H,2-3,7-12,19H2,1H3;1H. The number of halogens is 1. The van der Waals surface area contributed by atoms with E-state index in [1.54, 1.807) is 21.9 Å². The van der Waals surface area contributed by atoms with Gasteiger partial charge in [-0.2, -0.15) is 0 Å². The highest BCUT2D eigenvalue weighted by Crippen LogP contribution is 2.29. The van der Waals surface area contributed by atoms with Crippen molar-refractivity contribution in [2.75, 3.05) is 32.4 Å². The Morgan fingerprint density at radius 2 is 1.59 bits per heavy atom. The number of piperazine rings is 1. The second-order valence-electron chi connectivity index (χ2n) is 7.25. The summed E-state index contributed by atoms with van der Waals surface area (Å²) in [6.07, 6.45) is 4.54. The van der Waals surface area contributed by atoms with Crippen molar-refractivity contribution >= 4 is 34.1 Å². The summed E-state index contributed by atoms with van der Waals surface area (Å²) in [6, 6.07) is 6.07. The first-order valence-electron chi connectivity index (χ1n) is 8.88. The number of nitrogens with two attached hydrogens (primary N) is 1. The van der Waals surface area contributed by atoms with Gasteiger partial charge >= 0.3 is 0 Å². The lowest BCUT2D eigenvalue weighted by molar-refractivity contribution is -0.138. The molecule has 0 unspecified atom stereocenters. The van der Waals surface area contributed by atoms with Crippen molar-refractivity contribution in [1.29, 1.82) is 0 Å². The summed E-state index contributed by atoms with van der Waals surface area (Å²) in [7, 11) is -3.36. The molecule has 27 heavy (non-hydrogen) atoms. The minimum Gasteiger partial charge on any atom is -0.338 e. The largest absolute Gasteiger partial charge is 0.338 e. The van der Waals surface area contributed by atoms with Gasteiger partial charge in [0, 0.05) is 38.0 Å². The van der Waals surface area contributed by atoms with Crippen molar-refractivity contribution < 1.29 is 18.0 Å². The first-order valence-corrected chi connectivity index (χ1v) is 10.8. The zero-order valence-electron chi connectivity index (χ0n) is 15.4. The highest BCUT2D eigenvalue weighted by Gasteiger charge is 2.40. The number of rotatable bonds is 3. The van der Waals surface area contributed by atoms with Crippen molar-refractivity contribution in [2.24, 2.45) is 5.73 Å². The van der Waals surface area contributed by atoms with Gasteiger partial charge in [0.25, 0.3) is 5.91 Å². The smallest absolute Gasteiger partial charge is 0.254 e. The normalized spacial score (nSPS) is 19.5. The monoisotopic (exact) mass is 415 g/mol. The lowest BCUT2D eigenvalue weighted by Gasteiger charge is -2.38. The second-order valence-corrected chi connectivity index (χ2v) is 9.26. The van der Waals surface area contributed by atoms with Crippen LogP contribution in [0.5, 0.6) is 0 Å². The predicted molar refractivity (Wildman–Crippen MR) is 105 cm³/mol. The first kappa shape index (κ1) is 21.7. The van der Waals surface area contributed by atoms with Gasteiger partial charge in [-0.1, -0.05) is 18.9 Å². The molecule has 2 amide bonds. The Morgan fingerprint density at radius 1 is 1.04 bits per heavy atom. The number of amides is 2. The average molecular weight is 416 g/mol. The number of nitrogens with zero attached hydrogens (tertiary/aromatic N) is 2. The van der Waals surface area contributed by atoms with Crippen LogP contribution in [-0.4, -0.2) is 68.0 Å². The Morgan fingerprint density at radius 3 is 2.15 bits per heavy atom. The van der Waals surface area contributed by atoms with E-state index >= 15 is 0 Å². The van der Waals surface area contributed by atoms with E-state index in [9.17, 15) is 18.0 Å². The van der Waals surface area contributed by atoms with Crippen molar-refractivity contribution in [3.63, 3.8) is 0 Å². The molecule has 1 aliphatic heterocycles. The van der Waals surface area contributed by atoms with E-state index in [4.69, 9.17) is 5.73 Å². The van der Waals surface area contributed by atoms with Crippen LogP contribution in [0.2, 0.25) is 0 Å². The van der Waals surface area contributed by atoms with E-state index in [1.807, 2.05) is 0 Å². The molecular weight excluding hydrogens is 390 g/mol. The molecule has 0 atom stereocenters. The molecule has 150 valence electrons. The Kier molecular flexibility index (Phi) is 6.55. The first-order chi connectivity index (χ1) is 12.2. The van der Waals surface area contributed by atoms with Crippen molar-refractivity contribution in [3.8, 4) is 0 Å². The van der Waals surface area contributed by atoms with Gasteiger partial charge in [0.1, 0.15) is 0 Å². The van der Waals surface area contributed by atoms with E-state index < -0.39 is 15.4 Å². The lowest BCUT2D eigenvalue weighted by Crippen LogP contribution is -2.59. The molecule has 7 nitrogen and oxygen atoms in total. The highest BCUT2D eigenvalue weighted by atomic mass is 35.5. The Hall–Kier alpha value is -1.64. The van der Waals surface area contributed by atoms with Crippen LogP contribution >= 0.6 is 12.4 Å². The molecule has 3 rings (SSSR count). The van der Waals surface area contributed by atoms with Gasteiger partial charge in [0.2, 0.25) is 5.91 Å². The van der Waals surface area contributed by atoms with E-state index in [1.165, 1.54) is 12.1 Å². The topological polar surface area (TPSA) is 101 Å². The summed E-state index contributed by atoms with van der Waals surface area (Å²) in [6.45, 7) is 1.75. The molecule has 1 saturated heterocycles. The van der Waals surface area contributed by atoms with E-state index in [0.717, 1.165) is 31.9 Å². The number of carbonyl (C=O) groups excluding carboxylic acids is 2. The number of hydrogen-bond donors (Lipinski definition) is 1. The average Bonchev–Trinajstić information content (AvgIpc) is 3.08. The summed E-state index contributed by atoms with van der Waals surface area (Å²) in [5.41, 5.74) is 5.85. The molecule has 9 heteroatoms. The summed E-state index contributed by atoms with van der Waals surface area (Å²) < 4.78 is 23.4. The third kappa shape index (κ3) is 4.62. The molecule has 1 saturated carbocycles. The number of sulfone groups is 1. The Bertz CT molecular complexity index is 814. The maximum Gasteiger partial charge on any atom is 0.254 e. The van der Waals surface area contributed by atoms with Crippen LogP contribution in [0.1, 0.15) is 36.0 Å². The van der Waals surface area contributed by atoms with E-state index in [0.29, 0.717) is 31.7 Å². The molecule has 2 N–H and O–H groups in total. The van der Waals surface area contributed by atoms with Crippen LogP contribution in [0, 0.1) is 0 Å². The summed E-state index contributed by atoms with van der Waals surface area (Å²) in [5.74, 6) is -0.230. The van der Waals surface area contributed by atoms with Crippen LogP contribution in [0.25, 0.3) is 0 Å². The third-order valence-corrected chi connectivity index (χ3v) is 6.40. The minimum absolute atomic E-state index is 0. The summed E-state index contributed by atoms with van der Waals surface area (Å²) in [5, 5.41) is 0. The summed E-state index contributed by atoms with van der Waals surface area (Å²) >= 11 is 0. The van der Waals surface area contributed by atoms with Crippen molar-refractivity contribution in [1.82, 2.24) is 9.80 Å². The lowest BCUT2D eigenvalue weighted by atomic mass is 9.97. The fourth-order valence-electron chi connectivity index (χ4n) is 3.69.